The van der Waals surface area contributed by atoms with Crippen LogP contribution < -0.4 is 0 Å². The molecule has 0 aliphatic heterocycles. The van der Waals surface area contributed by atoms with Crippen LogP contribution in [-0.2, 0) is 13.0 Å². The minimum absolute atomic E-state index is 0.256. The van der Waals surface area contributed by atoms with Crippen molar-refractivity contribution in [2.24, 2.45) is 0 Å². The zero-order valence-corrected chi connectivity index (χ0v) is 17.9. The maximum atomic E-state index is 13.5. The maximum Gasteiger partial charge on any atom is 0.184 e. The van der Waals surface area contributed by atoms with Crippen LogP contribution in [0.5, 0.6) is 0 Å². The highest BCUT2D eigenvalue weighted by Crippen LogP contribution is 2.26. The van der Waals surface area contributed by atoms with Crippen molar-refractivity contribution in [2.75, 3.05) is 0 Å². The van der Waals surface area contributed by atoms with Crippen molar-refractivity contribution >= 4 is 23.3 Å². The summed E-state index contributed by atoms with van der Waals surface area (Å²) in [4.78, 5) is 8.05. The number of aryl methyl sites for hydroxylation is 3. The first kappa shape index (κ1) is 19.5. The van der Waals surface area contributed by atoms with Crippen LogP contribution in [0.15, 0.2) is 79.0 Å². The third kappa shape index (κ3) is 3.82. The smallest absolute Gasteiger partial charge is 0.184 e. The van der Waals surface area contributed by atoms with Gasteiger partial charge in [-0.3, -0.25) is 4.57 Å². The van der Waals surface area contributed by atoms with Crippen molar-refractivity contribution in [1.29, 1.82) is 0 Å². The first-order chi connectivity index (χ1) is 15.1. The molecule has 31 heavy (non-hydrogen) atoms. The molecule has 5 aromatic rings. The standard InChI is InChI=1S/C25H21FN4S/c1-17-6-12-20(13-7-17)30-23(18-8-10-19(26)11-9-18)16-29(25(30)31)15-14-24-27-21-4-2-3-5-22(21)28-24/h2-13,16H,14-15H2,1H3,(H,27,28). The van der Waals surface area contributed by atoms with Crippen LogP contribution in [0.25, 0.3) is 28.0 Å². The summed E-state index contributed by atoms with van der Waals surface area (Å²) >= 11 is 5.85. The number of rotatable bonds is 5. The molecule has 5 rings (SSSR count). The second-order valence-electron chi connectivity index (χ2n) is 7.62. The molecular formula is C25H21FN4S. The van der Waals surface area contributed by atoms with E-state index in [2.05, 4.69) is 45.7 Å². The number of aromatic amines is 1. The van der Waals surface area contributed by atoms with Crippen molar-refractivity contribution in [3.05, 3.63) is 101 Å². The van der Waals surface area contributed by atoms with Crippen molar-refractivity contribution in [3.63, 3.8) is 0 Å². The Balaban J connectivity index is 1.54. The Morgan fingerprint density at radius 1 is 0.968 bits per heavy atom. The molecule has 0 unspecified atom stereocenters. The molecule has 2 heterocycles. The van der Waals surface area contributed by atoms with E-state index in [1.807, 2.05) is 35.0 Å². The fraction of sp³-hybridized carbons (Fsp3) is 0.120. The topological polar surface area (TPSA) is 38.5 Å². The van der Waals surface area contributed by atoms with Gasteiger partial charge in [-0.25, -0.2) is 9.37 Å². The van der Waals surface area contributed by atoms with Crippen LogP contribution in [-0.4, -0.2) is 19.1 Å². The second kappa shape index (κ2) is 7.96. The maximum absolute atomic E-state index is 13.5. The number of halogens is 1. The van der Waals surface area contributed by atoms with Crippen LogP contribution in [0.1, 0.15) is 11.4 Å². The number of nitrogens with one attached hydrogen (secondary N) is 1. The molecule has 6 heteroatoms. The number of hydrogen-bond donors (Lipinski definition) is 1. The minimum Gasteiger partial charge on any atom is -0.342 e. The molecular weight excluding hydrogens is 407 g/mol. The molecule has 2 aromatic heterocycles. The van der Waals surface area contributed by atoms with E-state index in [0.717, 1.165) is 40.2 Å². The number of benzene rings is 3. The first-order valence-corrected chi connectivity index (χ1v) is 10.6. The fourth-order valence-corrected chi connectivity index (χ4v) is 4.12. The van der Waals surface area contributed by atoms with E-state index in [1.54, 1.807) is 12.1 Å². The van der Waals surface area contributed by atoms with E-state index in [4.69, 9.17) is 12.2 Å². The molecule has 154 valence electrons. The van der Waals surface area contributed by atoms with Gasteiger partial charge in [0, 0.05) is 30.4 Å². The lowest BCUT2D eigenvalue weighted by Crippen LogP contribution is -2.03. The highest BCUT2D eigenvalue weighted by atomic mass is 32.1. The molecule has 1 N–H and O–H groups in total. The highest BCUT2D eigenvalue weighted by molar-refractivity contribution is 7.71. The lowest BCUT2D eigenvalue weighted by molar-refractivity contribution is 0.628. The summed E-state index contributed by atoms with van der Waals surface area (Å²) < 4.78 is 18.3. The monoisotopic (exact) mass is 428 g/mol. The van der Waals surface area contributed by atoms with Gasteiger partial charge in [-0.1, -0.05) is 29.8 Å². The summed E-state index contributed by atoms with van der Waals surface area (Å²) in [6.45, 7) is 2.74. The molecule has 0 radical (unpaired) electrons. The minimum atomic E-state index is -0.256. The van der Waals surface area contributed by atoms with E-state index in [-0.39, 0.29) is 5.82 Å². The van der Waals surface area contributed by atoms with Crippen LogP contribution in [0.3, 0.4) is 0 Å². The van der Waals surface area contributed by atoms with Crippen LogP contribution in [0.2, 0.25) is 0 Å². The average Bonchev–Trinajstić information content (AvgIpc) is 3.34. The van der Waals surface area contributed by atoms with Crippen LogP contribution in [0.4, 0.5) is 4.39 Å². The van der Waals surface area contributed by atoms with Crippen LogP contribution >= 0.6 is 12.2 Å². The Morgan fingerprint density at radius 2 is 1.71 bits per heavy atom. The Bertz CT molecular complexity index is 1380. The van der Waals surface area contributed by atoms with Crippen molar-refractivity contribution in [1.82, 2.24) is 19.1 Å². The SMILES string of the molecule is Cc1ccc(-n2c(-c3ccc(F)cc3)cn(CCc3nc4ccccc4[nH]3)c2=S)cc1. The van der Waals surface area contributed by atoms with Crippen molar-refractivity contribution in [3.8, 4) is 16.9 Å². The number of aromatic nitrogens is 4. The molecule has 0 saturated heterocycles. The molecule has 0 amide bonds. The molecule has 4 nitrogen and oxygen atoms in total. The van der Waals surface area contributed by atoms with Gasteiger partial charge < -0.3 is 9.55 Å². The number of H-pyrrole nitrogens is 1. The molecule has 0 aliphatic rings. The number of para-hydroxylation sites is 2. The Morgan fingerprint density at radius 3 is 2.45 bits per heavy atom. The highest BCUT2D eigenvalue weighted by Gasteiger charge is 2.13. The zero-order chi connectivity index (χ0) is 21.4. The van der Waals surface area contributed by atoms with E-state index in [9.17, 15) is 4.39 Å². The summed E-state index contributed by atoms with van der Waals surface area (Å²) in [7, 11) is 0. The molecule has 0 bridgehead atoms. The van der Waals surface area contributed by atoms with Gasteiger partial charge in [-0.15, -0.1) is 0 Å². The zero-order valence-electron chi connectivity index (χ0n) is 17.0. The molecule has 0 spiro atoms. The third-order valence-corrected chi connectivity index (χ3v) is 5.83. The second-order valence-corrected chi connectivity index (χ2v) is 7.98. The van der Waals surface area contributed by atoms with Gasteiger partial charge in [0.15, 0.2) is 4.77 Å². The molecule has 0 atom stereocenters. The quantitative estimate of drug-likeness (QED) is 0.337. The average molecular weight is 429 g/mol. The molecule has 3 aromatic carbocycles. The number of nitrogens with zero attached hydrogens (tertiary/aromatic N) is 3. The fourth-order valence-electron chi connectivity index (χ4n) is 3.77. The molecule has 0 fully saturated rings. The molecule has 0 saturated carbocycles. The summed E-state index contributed by atoms with van der Waals surface area (Å²) in [5, 5.41) is 0. The summed E-state index contributed by atoms with van der Waals surface area (Å²) in [6, 6.07) is 22.8. The van der Waals surface area contributed by atoms with Gasteiger partial charge in [-0.2, -0.15) is 0 Å². The number of fused-ring (bicyclic) bond motifs is 1. The van der Waals surface area contributed by atoms with Gasteiger partial charge in [0.25, 0.3) is 0 Å². The largest absolute Gasteiger partial charge is 0.342 e. The predicted octanol–water partition coefficient (Wildman–Crippen LogP) is 6.24. The van der Waals surface area contributed by atoms with Gasteiger partial charge in [0.05, 0.1) is 16.7 Å². The first-order valence-electron chi connectivity index (χ1n) is 10.2. The van der Waals surface area contributed by atoms with Crippen LogP contribution in [0, 0.1) is 17.5 Å². The Hall–Kier alpha value is -3.51. The van der Waals surface area contributed by atoms with Crippen molar-refractivity contribution in [2.45, 2.75) is 19.9 Å². The van der Waals surface area contributed by atoms with E-state index in [1.165, 1.54) is 17.7 Å². The third-order valence-electron chi connectivity index (χ3n) is 5.42. The van der Waals surface area contributed by atoms with Crippen molar-refractivity contribution < 1.29 is 4.39 Å². The predicted molar refractivity (Wildman–Crippen MR) is 125 cm³/mol. The summed E-state index contributed by atoms with van der Waals surface area (Å²) in [6.07, 6.45) is 2.77. The van der Waals surface area contributed by atoms with E-state index >= 15 is 0 Å². The van der Waals surface area contributed by atoms with Gasteiger partial charge in [-0.05, 0) is 67.7 Å². The Labute approximate surface area is 184 Å². The van der Waals surface area contributed by atoms with Gasteiger partial charge >= 0.3 is 0 Å². The summed E-state index contributed by atoms with van der Waals surface area (Å²) in [5.74, 6) is 0.670. The number of imidazole rings is 2. The van der Waals surface area contributed by atoms with Gasteiger partial charge in [0.2, 0.25) is 0 Å². The van der Waals surface area contributed by atoms with Gasteiger partial charge in [0.1, 0.15) is 11.6 Å². The summed E-state index contributed by atoms with van der Waals surface area (Å²) in [5.41, 5.74) is 6.00. The lowest BCUT2D eigenvalue weighted by Gasteiger charge is -2.09. The lowest BCUT2D eigenvalue weighted by atomic mass is 10.1. The number of hydrogen-bond acceptors (Lipinski definition) is 2. The normalized spacial score (nSPS) is 11.3. The Kier molecular flexibility index (Phi) is 5.00. The van der Waals surface area contributed by atoms with E-state index < -0.39 is 0 Å². The van der Waals surface area contributed by atoms with E-state index in [0.29, 0.717) is 11.3 Å². The molecule has 0 aliphatic carbocycles.